The van der Waals surface area contributed by atoms with Crippen molar-refractivity contribution in [2.45, 2.75) is 37.7 Å². The predicted octanol–water partition coefficient (Wildman–Crippen LogP) is 2.21. The number of piperidine rings is 1. The molecular weight excluding hydrogens is 621 g/mol. The molecule has 1 aliphatic carbocycles. The summed E-state index contributed by atoms with van der Waals surface area (Å²) in [6, 6.07) is 7.92. The third-order valence-electron chi connectivity index (χ3n) is 9.35. The maximum absolute atomic E-state index is 15.1. The highest BCUT2D eigenvalue weighted by Crippen LogP contribution is 2.29. The topological polar surface area (TPSA) is 166 Å². The summed E-state index contributed by atoms with van der Waals surface area (Å²) in [5.74, 6) is -0.0367. The number of H-pyrrole nitrogens is 1. The highest BCUT2D eigenvalue weighted by Gasteiger charge is 2.35. The number of nitrogens with one attached hydrogen (secondary N) is 2. The Labute approximate surface area is 275 Å². The fourth-order valence-electron chi connectivity index (χ4n) is 6.59. The third-order valence-corrected chi connectivity index (χ3v) is 9.35. The number of halogens is 1. The number of nitriles is 1. The van der Waals surface area contributed by atoms with Gasteiger partial charge in [-0.3, -0.25) is 19.6 Å². The lowest BCUT2D eigenvalue weighted by Crippen LogP contribution is -2.58. The number of allylic oxidation sites excluding steroid dienone is 1. The second-order valence-electron chi connectivity index (χ2n) is 12.4. The van der Waals surface area contributed by atoms with Crippen LogP contribution >= 0.6 is 0 Å². The Morgan fingerprint density at radius 2 is 1.98 bits per heavy atom. The summed E-state index contributed by atoms with van der Waals surface area (Å²) in [4.78, 5) is 45.6. The minimum atomic E-state index is -1.51. The molecule has 2 N–H and O–H groups in total. The highest BCUT2D eigenvalue weighted by molar-refractivity contribution is 5.92. The molecule has 1 unspecified atom stereocenters. The van der Waals surface area contributed by atoms with Crippen molar-refractivity contribution in [3.63, 3.8) is 0 Å². The molecule has 4 atom stereocenters. The maximum Gasteiger partial charge on any atom is 0.416 e. The number of alkyl halides is 1. The van der Waals surface area contributed by atoms with Crippen LogP contribution in [0.4, 0.5) is 10.3 Å². The lowest BCUT2D eigenvalue weighted by molar-refractivity contribution is -0.0792. The SMILES string of the molecule is C[C@H]1C=C(Nc2ncnc(-c3ccc(O[C@H]4CCN(C(=O)c5coc(=O)[nH]5)C[C@H]4F)c(C#N)c3)n2)C=CC1N1CCN(C2COC2)CC1. The van der Waals surface area contributed by atoms with Crippen molar-refractivity contribution in [1.29, 1.82) is 5.26 Å². The standard InChI is InChI=1S/C33H36FN9O5/c1-20-12-23(3-4-27(20)42-10-8-41(9-11-42)24-16-46-17-24)38-32-37-19-36-30(40-32)21-2-5-28(22(13-21)14-35)48-29-6-7-43(15-25(29)34)31(44)26-18-47-33(45)39-26/h2-5,12-13,18-20,24-25,27,29H,6-11,15-17H2,1H3,(H,39,45)(H,36,37,38,40)/t20-,25+,27?,29-/m0/s1. The van der Waals surface area contributed by atoms with E-state index in [1.165, 1.54) is 11.2 Å². The van der Waals surface area contributed by atoms with Crippen molar-refractivity contribution >= 4 is 11.9 Å². The molecule has 15 heteroatoms. The average molecular weight is 658 g/mol. The van der Waals surface area contributed by atoms with Gasteiger partial charge in [0.1, 0.15) is 36.2 Å². The number of nitrogens with zero attached hydrogens (tertiary/aromatic N) is 7. The number of hydrogen-bond donors (Lipinski definition) is 2. The molecule has 4 aliphatic rings. The first-order valence-corrected chi connectivity index (χ1v) is 16.1. The van der Waals surface area contributed by atoms with E-state index in [1.54, 1.807) is 18.2 Å². The monoisotopic (exact) mass is 657 g/mol. The van der Waals surface area contributed by atoms with Gasteiger partial charge in [-0.2, -0.15) is 10.2 Å². The molecule has 3 aliphatic heterocycles. The van der Waals surface area contributed by atoms with Gasteiger partial charge in [0.2, 0.25) is 5.95 Å². The number of anilines is 1. The van der Waals surface area contributed by atoms with Gasteiger partial charge in [-0.1, -0.05) is 19.1 Å². The quantitative estimate of drug-likeness (QED) is 0.363. The van der Waals surface area contributed by atoms with Crippen LogP contribution in [0.5, 0.6) is 5.75 Å². The maximum atomic E-state index is 15.1. The first-order valence-electron chi connectivity index (χ1n) is 16.1. The van der Waals surface area contributed by atoms with E-state index < -0.39 is 23.9 Å². The molecule has 48 heavy (non-hydrogen) atoms. The Morgan fingerprint density at radius 1 is 1.17 bits per heavy atom. The summed E-state index contributed by atoms with van der Waals surface area (Å²) in [6.07, 6.45) is 6.74. The molecule has 3 aromatic rings. The van der Waals surface area contributed by atoms with Crippen LogP contribution in [0.25, 0.3) is 11.4 Å². The van der Waals surface area contributed by atoms with E-state index in [4.69, 9.17) is 9.47 Å². The van der Waals surface area contributed by atoms with Gasteiger partial charge in [-0.25, -0.2) is 19.2 Å². The van der Waals surface area contributed by atoms with Crippen LogP contribution in [0, 0.1) is 17.2 Å². The van der Waals surface area contributed by atoms with Crippen LogP contribution in [-0.2, 0) is 4.74 Å². The van der Waals surface area contributed by atoms with Crippen molar-refractivity contribution in [1.82, 2.24) is 34.6 Å². The number of aromatic nitrogens is 4. The lowest BCUT2D eigenvalue weighted by atomic mass is 9.93. The van der Waals surface area contributed by atoms with E-state index >= 15 is 4.39 Å². The molecule has 3 fully saturated rings. The van der Waals surface area contributed by atoms with Crippen LogP contribution in [0.2, 0.25) is 0 Å². The van der Waals surface area contributed by atoms with Gasteiger partial charge in [-0.05, 0) is 30.2 Å². The van der Waals surface area contributed by atoms with Crippen molar-refractivity contribution in [3.8, 4) is 23.2 Å². The Balaban J connectivity index is 0.960. The van der Waals surface area contributed by atoms with E-state index in [9.17, 15) is 14.9 Å². The number of benzene rings is 1. The van der Waals surface area contributed by atoms with Crippen molar-refractivity contribution in [3.05, 3.63) is 76.5 Å². The van der Waals surface area contributed by atoms with Gasteiger partial charge in [0.15, 0.2) is 12.0 Å². The number of rotatable bonds is 8. The molecule has 7 rings (SSSR count). The van der Waals surface area contributed by atoms with E-state index in [-0.39, 0.29) is 36.5 Å². The summed E-state index contributed by atoms with van der Waals surface area (Å²) in [6.45, 7) is 8.07. The number of ether oxygens (including phenoxy) is 2. The fraction of sp³-hybridized carbons (Fsp3) is 0.455. The third kappa shape index (κ3) is 6.73. The van der Waals surface area contributed by atoms with Gasteiger partial charge >= 0.3 is 5.76 Å². The minimum Gasteiger partial charge on any atom is -0.486 e. The summed E-state index contributed by atoms with van der Waals surface area (Å²) in [7, 11) is 0. The summed E-state index contributed by atoms with van der Waals surface area (Å²) >= 11 is 0. The largest absolute Gasteiger partial charge is 0.486 e. The zero-order valence-corrected chi connectivity index (χ0v) is 26.4. The fourth-order valence-corrected chi connectivity index (χ4v) is 6.59. The predicted molar refractivity (Wildman–Crippen MR) is 171 cm³/mol. The molecule has 3 saturated heterocycles. The molecule has 0 saturated carbocycles. The number of hydrogen-bond acceptors (Lipinski definition) is 12. The first-order chi connectivity index (χ1) is 23.3. The molecule has 0 bridgehead atoms. The summed E-state index contributed by atoms with van der Waals surface area (Å²) < 4.78 is 31.0. The molecule has 250 valence electrons. The van der Waals surface area contributed by atoms with E-state index in [0.29, 0.717) is 35.3 Å². The Kier molecular flexibility index (Phi) is 9.02. The van der Waals surface area contributed by atoms with Crippen LogP contribution in [0.3, 0.4) is 0 Å². The number of piperazine rings is 1. The lowest BCUT2D eigenvalue weighted by Gasteiger charge is -2.45. The number of aromatic amines is 1. The smallest absolute Gasteiger partial charge is 0.416 e. The second-order valence-corrected chi connectivity index (χ2v) is 12.4. The van der Waals surface area contributed by atoms with Gasteiger partial charge < -0.3 is 24.1 Å². The molecule has 1 aromatic carbocycles. The number of carbonyl (C=O) groups is 1. The Hall–Kier alpha value is -4.91. The first kappa shape index (κ1) is 31.7. The zero-order valence-electron chi connectivity index (χ0n) is 26.4. The number of amides is 1. The summed E-state index contributed by atoms with van der Waals surface area (Å²) in [5, 5.41) is 13.2. The average Bonchev–Trinajstić information content (AvgIpc) is 3.51. The molecule has 0 spiro atoms. The van der Waals surface area contributed by atoms with Crippen LogP contribution in [-0.4, -0.2) is 117 Å². The zero-order chi connectivity index (χ0) is 33.2. The molecular formula is C33H36FN9O5. The van der Waals surface area contributed by atoms with E-state index in [2.05, 4.69) is 70.7 Å². The number of likely N-dealkylation sites (tertiary alicyclic amines) is 1. The second kappa shape index (κ2) is 13.7. The Bertz CT molecular complexity index is 1810. The molecule has 1 amide bonds. The van der Waals surface area contributed by atoms with E-state index in [0.717, 1.165) is 51.4 Å². The molecule has 2 aromatic heterocycles. The van der Waals surface area contributed by atoms with Gasteiger partial charge in [-0.15, -0.1) is 0 Å². The van der Waals surface area contributed by atoms with Crippen molar-refractivity contribution in [2.75, 3.05) is 57.8 Å². The molecule has 14 nitrogen and oxygen atoms in total. The Morgan fingerprint density at radius 3 is 2.67 bits per heavy atom. The highest BCUT2D eigenvalue weighted by atomic mass is 19.1. The molecule has 0 radical (unpaired) electrons. The van der Waals surface area contributed by atoms with Crippen molar-refractivity contribution < 1.29 is 23.1 Å². The van der Waals surface area contributed by atoms with Gasteiger partial charge in [0.05, 0.1) is 31.4 Å². The normalized spacial score (nSPS) is 25.2. The van der Waals surface area contributed by atoms with Crippen LogP contribution < -0.4 is 15.8 Å². The number of oxazole rings is 1. The van der Waals surface area contributed by atoms with E-state index in [1.807, 2.05) is 0 Å². The molecule has 5 heterocycles. The van der Waals surface area contributed by atoms with Crippen LogP contribution in [0.1, 0.15) is 29.4 Å². The van der Waals surface area contributed by atoms with Crippen molar-refractivity contribution in [2.24, 2.45) is 5.92 Å². The van der Waals surface area contributed by atoms with Gasteiger partial charge in [0.25, 0.3) is 5.91 Å². The summed E-state index contributed by atoms with van der Waals surface area (Å²) in [5.41, 5.74) is 1.63. The van der Waals surface area contributed by atoms with Crippen LogP contribution in [0.15, 0.2) is 63.9 Å². The minimum absolute atomic E-state index is 0.0409. The van der Waals surface area contributed by atoms with Gasteiger partial charge in [0, 0.05) is 56.4 Å². The number of carbonyl (C=O) groups excluding carboxylic acids is 1.